The van der Waals surface area contributed by atoms with E-state index in [9.17, 15) is 4.79 Å². The molecule has 2 heterocycles. The quantitative estimate of drug-likeness (QED) is 0.931. The number of para-hydroxylation sites is 1. The molecule has 1 aliphatic heterocycles. The summed E-state index contributed by atoms with van der Waals surface area (Å²) in [5.41, 5.74) is 3.90. The van der Waals surface area contributed by atoms with Gasteiger partial charge in [0, 0.05) is 18.8 Å². The number of aryl methyl sites for hydroxylation is 2. The molecule has 0 atom stereocenters. The fourth-order valence-corrected chi connectivity index (χ4v) is 3.10. The fourth-order valence-electron chi connectivity index (χ4n) is 3.10. The summed E-state index contributed by atoms with van der Waals surface area (Å²) in [6.45, 7) is 5.85. The summed E-state index contributed by atoms with van der Waals surface area (Å²) in [7, 11) is 0. The van der Waals surface area contributed by atoms with Gasteiger partial charge in [-0.25, -0.2) is 0 Å². The van der Waals surface area contributed by atoms with Crippen molar-refractivity contribution in [2.45, 2.75) is 39.5 Å². The first kappa shape index (κ1) is 16.4. The molecule has 2 aromatic rings. The van der Waals surface area contributed by atoms with Crippen LogP contribution in [0.15, 0.2) is 30.3 Å². The van der Waals surface area contributed by atoms with Crippen LogP contribution in [0.4, 0.5) is 11.5 Å². The Morgan fingerprint density at radius 3 is 2.58 bits per heavy atom. The van der Waals surface area contributed by atoms with E-state index in [2.05, 4.69) is 47.6 Å². The lowest BCUT2D eigenvalue weighted by molar-refractivity contribution is 0.0717. The van der Waals surface area contributed by atoms with Crippen LogP contribution in [-0.2, 0) is 6.42 Å². The molecule has 0 unspecified atom stereocenters. The summed E-state index contributed by atoms with van der Waals surface area (Å²) in [5, 5.41) is 11.7. The number of benzene rings is 1. The Morgan fingerprint density at radius 1 is 1.12 bits per heavy atom. The molecular weight excluding hydrogens is 300 g/mol. The number of likely N-dealkylation sites (tertiary alicyclic amines) is 1. The molecule has 1 N–H and O–H groups in total. The second-order valence-electron chi connectivity index (χ2n) is 6.24. The highest BCUT2D eigenvalue weighted by atomic mass is 16.2. The molecule has 1 saturated heterocycles. The van der Waals surface area contributed by atoms with Crippen LogP contribution < -0.4 is 5.32 Å². The van der Waals surface area contributed by atoms with E-state index in [1.807, 2.05) is 11.0 Å². The van der Waals surface area contributed by atoms with Gasteiger partial charge in [-0.1, -0.05) is 25.1 Å². The number of nitrogens with zero attached hydrogens (tertiary/aromatic N) is 3. The van der Waals surface area contributed by atoms with Crippen molar-refractivity contribution in [1.82, 2.24) is 15.1 Å². The molecular formula is C19H24N4O. The Labute approximate surface area is 143 Å². The standard InChI is InChI=1S/C19H24N4O/c1-3-15-9-7-8-14(2)18(15)20-17-11-10-16(21-22-17)19(24)23-12-5-4-6-13-23/h7-11H,3-6,12-13H2,1-2H3,(H,20,22). The molecule has 0 aliphatic carbocycles. The van der Waals surface area contributed by atoms with E-state index in [0.717, 1.165) is 38.0 Å². The van der Waals surface area contributed by atoms with E-state index in [1.165, 1.54) is 17.5 Å². The van der Waals surface area contributed by atoms with Crippen molar-refractivity contribution in [1.29, 1.82) is 0 Å². The molecule has 1 aliphatic rings. The largest absolute Gasteiger partial charge is 0.338 e. The maximum absolute atomic E-state index is 12.4. The fraction of sp³-hybridized carbons (Fsp3) is 0.421. The SMILES string of the molecule is CCc1cccc(C)c1Nc1ccc(C(=O)N2CCCCC2)nn1. The molecule has 1 aromatic heterocycles. The first-order valence-corrected chi connectivity index (χ1v) is 8.67. The molecule has 1 amide bonds. The van der Waals surface area contributed by atoms with Crippen LogP contribution in [0.5, 0.6) is 0 Å². The number of aromatic nitrogens is 2. The molecule has 5 nitrogen and oxygen atoms in total. The molecule has 1 fully saturated rings. The lowest BCUT2D eigenvalue weighted by Gasteiger charge is -2.26. The van der Waals surface area contributed by atoms with Gasteiger partial charge in [0.2, 0.25) is 0 Å². The number of hydrogen-bond acceptors (Lipinski definition) is 4. The van der Waals surface area contributed by atoms with Crippen LogP contribution in [0.3, 0.4) is 0 Å². The van der Waals surface area contributed by atoms with Crippen molar-refractivity contribution in [2.75, 3.05) is 18.4 Å². The van der Waals surface area contributed by atoms with E-state index in [4.69, 9.17) is 0 Å². The third-order valence-corrected chi connectivity index (χ3v) is 4.52. The van der Waals surface area contributed by atoms with E-state index in [1.54, 1.807) is 6.07 Å². The van der Waals surface area contributed by atoms with Crippen LogP contribution in [0.2, 0.25) is 0 Å². The van der Waals surface area contributed by atoms with Crippen LogP contribution in [0, 0.1) is 6.92 Å². The minimum atomic E-state index is -0.0149. The van der Waals surface area contributed by atoms with Crippen molar-refractivity contribution in [3.8, 4) is 0 Å². The minimum Gasteiger partial charge on any atom is -0.338 e. The highest BCUT2D eigenvalue weighted by Gasteiger charge is 2.19. The zero-order valence-corrected chi connectivity index (χ0v) is 14.4. The number of piperidine rings is 1. The van der Waals surface area contributed by atoms with Gasteiger partial charge >= 0.3 is 0 Å². The number of anilines is 2. The predicted octanol–water partition coefficient (Wildman–Crippen LogP) is 3.72. The summed E-state index contributed by atoms with van der Waals surface area (Å²) >= 11 is 0. The highest BCUT2D eigenvalue weighted by molar-refractivity contribution is 5.92. The molecule has 126 valence electrons. The third-order valence-electron chi connectivity index (χ3n) is 4.52. The Bertz CT molecular complexity index is 706. The number of hydrogen-bond donors (Lipinski definition) is 1. The zero-order valence-electron chi connectivity index (χ0n) is 14.4. The first-order valence-electron chi connectivity index (χ1n) is 8.67. The highest BCUT2D eigenvalue weighted by Crippen LogP contribution is 2.24. The van der Waals surface area contributed by atoms with Crippen molar-refractivity contribution in [2.24, 2.45) is 0 Å². The summed E-state index contributed by atoms with van der Waals surface area (Å²) in [4.78, 5) is 14.3. The number of carbonyl (C=O) groups excluding carboxylic acids is 1. The molecule has 0 saturated carbocycles. The molecule has 24 heavy (non-hydrogen) atoms. The number of carbonyl (C=O) groups is 1. The Kier molecular flexibility index (Phi) is 5.08. The van der Waals surface area contributed by atoms with Gasteiger partial charge in [0.1, 0.15) is 0 Å². The monoisotopic (exact) mass is 324 g/mol. The second-order valence-corrected chi connectivity index (χ2v) is 6.24. The van der Waals surface area contributed by atoms with Crippen molar-refractivity contribution in [3.63, 3.8) is 0 Å². The summed E-state index contributed by atoms with van der Waals surface area (Å²) in [5.74, 6) is 0.646. The molecule has 3 rings (SSSR count). The van der Waals surface area contributed by atoms with E-state index >= 15 is 0 Å². The lowest BCUT2D eigenvalue weighted by atomic mass is 10.1. The van der Waals surface area contributed by atoms with Crippen molar-refractivity contribution >= 4 is 17.4 Å². The summed E-state index contributed by atoms with van der Waals surface area (Å²) in [6, 6.07) is 9.83. The maximum Gasteiger partial charge on any atom is 0.274 e. The van der Waals surface area contributed by atoms with Crippen molar-refractivity contribution < 1.29 is 4.79 Å². The minimum absolute atomic E-state index is 0.0149. The van der Waals surface area contributed by atoms with E-state index < -0.39 is 0 Å². The van der Waals surface area contributed by atoms with Crippen molar-refractivity contribution in [3.05, 3.63) is 47.2 Å². The van der Waals surface area contributed by atoms with Crippen LogP contribution in [0.25, 0.3) is 0 Å². The average Bonchev–Trinajstić information content (AvgIpc) is 2.64. The normalized spacial score (nSPS) is 14.5. The topological polar surface area (TPSA) is 58.1 Å². The molecule has 5 heteroatoms. The average molecular weight is 324 g/mol. The first-order chi connectivity index (χ1) is 11.7. The van der Waals surface area contributed by atoms with Crippen LogP contribution in [-0.4, -0.2) is 34.1 Å². The van der Waals surface area contributed by atoms with Gasteiger partial charge in [-0.3, -0.25) is 4.79 Å². The van der Waals surface area contributed by atoms with Gasteiger partial charge in [-0.15, -0.1) is 10.2 Å². The van der Waals surface area contributed by atoms with Gasteiger partial charge in [0.15, 0.2) is 11.5 Å². The number of amides is 1. The van der Waals surface area contributed by atoms with Gasteiger partial charge in [-0.05, 0) is 55.9 Å². The predicted molar refractivity (Wildman–Crippen MR) is 95.6 cm³/mol. The smallest absolute Gasteiger partial charge is 0.274 e. The molecule has 0 spiro atoms. The Morgan fingerprint density at radius 2 is 1.92 bits per heavy atom. The molecule has 1 aromatic carbocycles. The van der Waals surface area contributed by atoms with E-state index in [0.29, 0.717) is 11.5 Å². The van der Waals surface area contributed by atoms with Crippen LogP contribution >= 0.6 is 0 Å². The zero-order chi connectivity index (χ0) is 16.9. The number of nitrogens with one attached hydrogen (secondary N) is 1. The van der Waals surface area contributed by atoms with Gasteiger partial charge in [0.25, 0.3) is 5.91 Å². The number of rotatable bonds is 4. The lowest BCUT2D eigenvalue weighted by Crippen LogP contribution is -2.36. The van der Waals surface area contributed by atoms with E-state index in [-0.39, 0.29) is 5.91 Å². The second kappa shape index (κ2) is 7.43. The van der Waals surface area contributed by atoms with Gasteiger partial charge in [-0.2, -0.15) is 0 Å². The molecule has 0 bridgehead atoms. The van der Waals surface area contributed by atoms with Gasteiger partial charge in [0.05, 0.1) is 0 Å². The third kappa shape index (κ3) is 3.55. The van der Waals surface area contributed by atoms with Gasteiger partial charge < -0.3 is 10.2 Å². The molecule has 0 radical (unpaired) electrons. The maximum atomic E-state index is 12.4. The van der Waals surface area contributed by atoms with Crippen LogP contribution in [0.1, 0.15) is 47.8 Å². The summed E-state index contributed by atoms with van der Waals surface area (Å²) in [6.07, 6.45) is 4.30. The Balaban J connectivity index is 1.74. The Hall–Kier alpha value is -2.43. The summed E-state index contributed by atoms with van der Waals surface area (Å²) < 4.78 is 0.